The number of carbonyl (C=O) groups is 1. The first-order chi connectivity index (χ1) is 12.1. The molecular weight excluding hydrogens is 320 g/mol. The number of amides is 1. The van der Waals surface area contributed by atoms with Crippen LogP contribution in [0.15, 0.2) is 52.9 Å². The van der Waals surface area contributed by atoms with Crippen LogP contribution in [0.4, 0.5) is 5.69 Å². The van der Waals surface area contributed by atoms with Crippen LogP contribution in [0.25, 0.3) is 11.0 Å². The third-order valence-electron chi connectivity index (χ3n) is 3.63. The molecule has 6 nitrogen and oxygen atoms in total. The van der Waals surface area contributed by atoms with Crippen molar-refractivity contribution in [3.05, 3.63) is 59.6 Å². The van der Waals surface area contributed by atoms with Gasteiger partial charge in [0, 0.05) is 17.1 Å². The first kappa shape index (κ1) is 16.6. The molecule has 0 fully saturated rings. The van der Waals surface area contributed by atoms with E-state index in [4.69, 9.17) is 19.3 Å². The van der Waals surface area contributed by atoms with E-state index in [1.165, 1.54) is 0 Å². The maximum Gasteiger partial charge on any atom is 0.261 e. The van der Waals surface area contributed by atoms with Crippen LogP contribution in [0.2, 0.25) is 0 Å². The second kappa shape index (κ2) is 7.09. The van der Waals surface area contributed by atoms with Crippen molar-refractivity contribution in [2.24, 2.45) is 0 Å². The second-order valence-electron chi connectivity index (χ2n) is 5.28. The lowest BCUT2D eigenvalue weighted by molar-refractivity contribution is 0.102. The Kier molecular flexibility index (Phi) is 4.70. The molecule has 1 aromatic heterocycles. The predicted octanol–water partition coefficient (Wildman–Crippen LogP) is 3.57. The van der Waals surface area contributed by atoms with Crippen molar-refractivity contribution in [3.63, 3.8) is 0 Å². The van der Waals surface area contributed by atoms with E-state index in [9.17, 15) is 4.79 Å². The summed E-state index contributed by atoms with van der Waals surface area (Å²) >= 11 is 0. The van der Waals surface area contributed by atoms with Crippen LogP contribution in [0.1, 0.15) is 17.3 Å². The molecule has 25 heavy (non-hydrogen) atoms. The van der Waals surface area contributed by atoms with Gasteiger partial charge < -0.3 is 19.2 Å². The minimum atomic E-state index is -0.425. The predicted molar refractivity (Wildman–Crippen MR) is 94.2 cm³/mol. The zero-order valence-corrected chi connectivity index (χ0v) is 14.0. The number of carbonyl (C=O) groups excluding carboxylic acids is 1. The maximum atomic E-state index is 12.5. The van der Waals surface area contributed by atoms with E-state index in [2.05, 4.69) is 5.32 Å². The monoisotopic (exact) mass is 338 g/mol. The first-order valence-electron chi connectivity index (χ1n) is 7.82. The fourth-order valence-corrected chi connectivity index (χ4v) is 2.47. The standard InChI is InChI=1S/C19H18N2O4/c1-3-24-16-9-4-6-12-10-15(18(20)25-17(12)16)19(22)21-13-7-5-8-14(11-13)23-2/h4-11,20H,3H2,1-2H3,(H,21,22). The zero-order valence-electron chi connectivity index (χ0n) is 14.0. The maximum absolute atomic E-state index is 12.5. The van der Waals surface area contributed by atoms with E-state index < -0.39 is 5.91 Å². The van der Waals surface area contributed by atoms with Crippen molar-refractivity contribution in [1.29, 1.82) is 5.41 Å². The van der Waals surface area contributed by atoms with Crippen LogP contribution in [0, 0.1) is 5.41 Å². The molecule has 0 bridgehead atoms. The molecule has 1 amide bonds. The lowest BCUT2D eigenvalue weighted by Gasteiger charge is -2.09. The number of fused-ring (bicyclic) bond motifs is 1. The molecule has 0 radical (unpaired) electrons. The summed E-state index contributed by atoms with van der Waals surface area (Å²) in [7, 11) is 1.56. The van der Waals surface area contributed by atoms with Crippen LogP contribution >= 0.6 is 0 Å². The number of hydrogen-bond donors (Lipinski definition) is 2. The highest BCUT2D eigenvalue weighted by atomic mass is 16.5. The van der Waals surface area contributed by atoms with Crippen molar-refractivity contribution in [3.8, 4) is 11.5 Å². The summed E-state index contributed by atoms with van der Waals surface area (Å²) < 4.78 is 16.2. The van der Waals surface area contributed by atoms with Gasteiger partial charge in [-0.15, -0.1) is 0 Å². The van der Waals surface area contributed by atoms with Gasteiger partial charge in [0.2, 0.25) is 5.55 Å². The highest BCUT2D eigenvalue weighted by molar-refractivity contribution is 6.05. The molecule has 2 aromatic carbocycles. The Morgan fingerprint density at radius 1 is 1.20 bits per heavy atom. The normalized spacial score (nSPS) is 10.5. The Labute approximate surface area is 144 Å². The van der Waals surface area contributed by atoms with Crippen LogP contribution in [0.5, 0.6) is 11.5 Å². The van der Waals surface area contributed by atoms with Crippen molar-refractivity contribution < 1.29 is 18.7 Å². The Balaban J connectivity index is 1.96. The van der Waals surface area contributed by atoms with E-state index in [0.717, 1.165) is 0 Å². The van der Waals surface area contributed by atoms with E-state index in [1.54, 1.807) is 43.5 Å². The van der Waals surface area contributed by atoms with Gasteiger partial charge in [-0.3, -0.25) is 10.2 Å². The second-order valence-corrected chi connectivity index (χ2v) is 5.28. The number of anilines is 1. The van der Waals surface area contributed by atoms with Gasteiger partial charge >= 0.3 is 0 Å². The van der Waals surface area contributed by atoms with E-state index >= 15 is 0 Å². The fourth-order valence-electron chi connectivity index (χ4n) is 2.47. The number of hydrogen-bond acceptors (Lipinski definition) is 5. The average molecular weight is 338 g/mol. The van der Waals surface area contributed by atoms with Gasteiger partial charge in [-0.05, 0) is 31.2 Å². The molecule has 0 atom stereocenters. The fraction of sp³-hybridized carbons (Fsp3) is 0.158. The van der Waals surface area contributed by atoms with E-state index in [-0.39, 0.29) is 11.1 Å². The van der Waals surface area contributed by atoms with Gasteiger partial charge in [0.25, 0.3) is 5.91 Å². The van der Waals surface area contributed by atoms with Crippen LogP contribution < -0.4 is 20.3 Å². The topological polar surface area (TPSA) is 84.5 Å². The summed E-state index contributed by atoms with van der Waals surface area (Å²) in [6.45, 7) is 2.36. The third-order valence-corrected chi connectivity index (χ3v) is 3.63. The molecule has 1 heterocycles. The number of rotatable bonds is 5. The van der Waals surface area contributed by atoms with Gasteiger partial charge in [-0.25, -0.2) is 0 Å². The van der Waals surface area contributed by atoms with Crippen LogP contribution in [0.3, 0.4) is 0 Å². The molecule has 0 unspecified atom stereocenters. The highest BCUT2D eigenvalue weighted by Gasteiger charge is 2.14. The minimum absolute atomic E-state index is 0.143. The van der Waals surface area contributed by atoms with Crippen molar-refractivity contribution in [1.82, 2.24) is 0 Å². The Bertz CT molecular complexity index is 979. The molecular formula is C19H18N2O4. The Morgan fingerprint density at radius 3 is 2.76 bits per heavy atom. The molecule has 0 spiro atoms. The van der Waals surface area contributed by atoms with Gasteiger partial charge in [0.1, 0.15) is 11.3 Å². The molecule has 6 heteroatoms. The summed E-state index contributed by atoms with van der Waals surface area (Å²) in [4.78, 5) is 12.5. The van der Waals surface area contributed by atoms with E-state index in [1.807, 2.05) is 19.1 Å². The van der Waals surface area contributed by atoms with Gasteiger partial charge in [-0.1, -0.05) is 18.2 Å². The van der Waals surface area contributed by atoms with Crippen molar-refractivity contribution in [2.45, 2.75) is 6.92 Å². The molecule has 128 valence electrons. The van der Waals surface area contributed by atoms with Crippen LogP contribution in [-0.4, -0.2) is 19.6 Å². The molecule has 2 N–H and O–H groups in total. The summed E-state index contributed by atoms with van der Waals surface area (Å²) in [5.41, 5.74) is 0.947. The molecule has 3 aromatic rings. The van der Waals surface area contributed by atoms with Crippen molar-refractivity contribution in [2.75, 3.05) is 19.0 Å². The summed E-state index contributed by atoms with van der Waals surface area (Å²) in [6.07, 6.45) is 0. The van der Waals surface area contributed by atoms with Crippen molar-refractivity contribution >= 4 is 22.6 Å². The Hall–Kier alpha value is -3.28. The third kappa shape index (κ3) is 3.47. The average Bonchev–Trinajstić information content (AvgIpc) is 2.62. The number of nitrogens with one attached hydrogen (secondary N) is 2. The highest BCUT2D eigenvalue weighted by Crippen LogP contribution is 2.25. The molecule has 3 rings (SSSR count). The van der Waals surface area contributed by atoms with Gasteiger partial charge in [0.15, 0.2) is 11.3 Å². The number of ether oxygens (including phenoxy) is 2. The minimum Gasteiger partial charge on any atom is -0.497 e. The number of benzene rings is 2. The Morgan fingerprint density at radius 2 is 2.00 bits per heavy atom. The zero-order chi connectivity index (χ0) is 17.8. The smallest absolute Gasteiger partial charge is 0.261 e. The molecule has 0 saturated carbocycles. The SMILES string of the molecule is CCOc1cccc2cc(C(=O)Nc3cccc(OC)c3)c(=N)oc12. The number of para-hydroxylation sites is 1. The van der Waals surface area contributed by atoms with E-state index in [0.29, 0.717) is 34.8 Å². The first-order valence-corrected chi connectivity index (χ1v) is 7.82. The molecule has 0 aliphatic rings. The molecule has 0 saturated heterocycles. The quantitative estimate of drug-likeness (QED) is 0.745. The molecule has 0 aliphatic heterocycles. The van der Waals surface area contributed by atoms with Crippen LogP contribution in [-0.2, 0) is 0 Å². The lowest BCUT2D eigenvalue weighted by Crippen LogP contribution is -2.20. The summed E-state index contributed by atoms with van der Waals surface area (Å²) in [5.74, 6) is 0.757. The van der Waals surface area contributed by atoms with Gasteiger partial charge in [-0.2, -0.15) is 0 Å². The molecule has 0 aliphatic carbocycles. The largest absolute Gasteiger partial charge is 0.497 e. The lowest BCUT2D eigenvalue weighted by atomic mass is 10.1. The number of methoxy groups -OCH3 is 1. The summed E-state index contributed by atoms with van der Waals surface area (Å²) in [6, 6.07) is 14.0. The summed E-state index contributed by atoms with van der Waals surface area (Å²) in [5, 5.41) is 11.5. The van der Waals surface area contributed by atoms with Gasteiger partial charge in [0.05, 0.1) is 13.7 Å².